The number of hydrogen-bond donors (Lipinski definition) is 1. The Morgan fingerprint density at radius 1 is 1.67 bits per heavy atom. The second-order valence-electron chi connectivity index (χ2n) is 4.37. The van der Waals surface area contributed by atoms with Gasteiger partial charge in [-0.3, -0.25) is 4.79 Å². The van der Waals surface area contributed by atoms with Crippen LogP contribution in [-0.2, 0) is 14.3 Å². The number of amides is 1. The molecule has 1 heterocycles. The van der Waals surface area contributed by atoms with Crippen LogP contribution in [-0.4, -0.2) is 53.4 Å². The third-order valence-electron chi connectivity index (χ3n) is 2.95. The van der Waals surface area contributed by atoms with Crippen LogP contribution in [0.1, 0.15) is 19.8 Å². The summed E-state index contributed by atoms with van der Waals surface area (Å²) >= 11 is 0. The molecule has 0 aromatic rings. The first-order valence-electron chi connectivity index (χ1n) is 5.84. The Hall–Kier alpha value is -1.43. The van der Waals surface area contributed by atoms with Crippen molar-refractivity contribution < 1.29 is 23.8 Å². The van der Waals surface area contributed by atoms with E-state index in [4.69, 9.17) is 9.84 Å². The molecular weight excluding hydrogens is 241 g/mol. The predicted octanol–water partition coefficient (Wildman–Crippen LogP) is 0.993. The van der Waals surface area contributed by atoms with E-state index >= 15 is 0 Å². The molecule has 2 unspecified atom stereocenters. The van der Waals surface area contributed by atoms with Crippen molar-refractivity contribution in [3.63, 3.8) is 0 Å². The molecule has 0 spiro atoms. The van der Waals surface area contributed by atoms with Gasteiger partial charge < -0.3 is 14.7 Å². The third-order valence-corrected chi connectivity index (χ3v) is 2.95. The van der Waals surface area contributed by atoms with Crippen LogP contribution in [0.2, 0.25) is 0 Å². The zero-order chi connectivity index (χ0) is 13.8. The van der Waals surface area contributed by atoms with Gasteiger partial charge in [0.15, 0.2) is 0 Å². The smallest absolute Gasteiger partial charge is 0.343 e. The minimum atomic E-state index is -2.32. The Kier molecular flexibility index (Phi) is 4.84. The van der Waals surface area contributed by atoms with Crippen molar-refractivity contribution in [3.8, 4) is 0 Å². The normalized spacial score (nSPS) is 24.9. The molecule has 6 heteroatoms. The summed E-state index contributed by atoms with van der Waals surface area (Å²) in [5.74, 6) is -1.89. The zero-order valence-electron chi connectivity index (χ0n) is 10.4. The van der Waals surface area contributed by atoms with Gasteiger partial charge >= 0.3 is 5.97 Å². The van der Waals surface area contributed by atoms with E-state index in [-0.39, 0.29) is 18.9 Å². The number of likely N-dealkylation sites (tertiary alicyclic amines) is 1. The number of carbonyl (C=O) groups excluding carboxylic acids is 1. The highest BCUT2D eigenvalue weighted by atomic mass is 19.1. The molecule has 1 fully saturated rings. The van der Waals surface area contributed by atoms with Crippen molar-refractivity contribution in [1.82, 2.24) is 4.90 Å². The number of ether oxygens (including phenoxy) is 1. The average molecular weight is 259 g/mol. The lowest BCUT2D eigenvalue weighted by molar-refractivity contribution is -0.151. The average Bonchev–Trinajstić information content (AvgIpc) is 2.72. The summed E-state index contributed by atoms with van der Waals surface area (Å²) < 4.78 is 19.0. The molecule has 0 aromatic heterocycles. The summed E-state index contributed by atoms with van der Waals surface area (Å²) in [4.78, 5) is 23.8. The molecule has 1 aliphatic heterocycles. The van der Waals surface area contributed by atoms with Gasteiger partial charge in [0.1, 0.15) is 6.10 Å². The van der Waals surface area contributed by atoms with Gasteiger partial charge in [-0.2, -0.15) is 0 Å². The van der Waals surface area contributed by atoms with Crippen molar-refractivity contribution in [2.24, 2.45) is 0 Å². The van der Waals surface area contributed by atoms with Crippen molar-refractivity contribution in [2.45, 2.75) is 31.5 Å². The SMILES string of the molecule is C=CCCOC(C)C(=O)N1CCC(F)(C(=O)O)C1. The molecule has 18 heavy (non-hydrogen) atoms. The van der Waals surface area contributed by atoms with Gasteiger partial charge in [0.05, 0.1) is 13.2 Å². The van der Waals surface area contributed by atoms with E-state index in [1.807, 2.05) is 0 Å². The molecule has 102 valence electrons. The lowest BCUT2D eigenvalue weighted by Gasteiger charge is -2.21. The van der Waals surface area contributed by atoms with Gasteiger partial charge in [-0.25, -0.2) is 9.18 Å². The maximum absolute atomic E-state index is 13.8. The lowest BCUT2D eigenvalue weighted by atomic mass is 10.1. The molecule has 1 rings (SSSR count). The fraction of sp³-hybridized carbons (Fsp3) is 0.667. The number of alkyl halides is 1. The minimum Gasteiger partial charge on any atom is -0.479 e. The van der Waals surface area contributed by atoms with Crippen LogP contribution in [0.5, 0.6) is 0 Å². The summed E-state index contributed by atoms with van der Waals surface area (Å²) in [7, 11) is 0. The summed E-state index contributed by atoms with van der Waals surface area (Å²) in [6, 6.07) is 0. The van der Waals surface area contributed by atoms with Crippen LogP contribution < -0.4 is 0 Å². The van der Waals surface area contributed by atoms with Gasteiger partial charge in [-0.15, -0.1) is 6.58 Å². The Bertz CT molecular complexity index is 347. The number of carboxylic acids is 1. The van der Waals surface area contributed by atoms with E-state index < -0.39 is 24.3 Å². The van der Waals surface area contributed by atoms with Crippen LogP contribution in [0.15, 0.2) is 12.7 Å². The molecule has 1 N–H and O–H groups in total. The third kappa shape index (κ3) is 3.29. The number of carbonyl (C=O) groups is 2. The van der Waals surface area contributed by atoms with E-state index in [1.165, 1.54) is 4.90 Å². The van der Waals surface area contributed by atoms with Crippen LogP contribution in [0, 0.1) is 0 Å². The molecule has 5 nitrogen and oxygen atoms in total. The molecular formula is C12H18FNO4. The van der Waals surface area contributed by atoms with Gasteiger partial charge in [0.25, 0.3) is 5.91 Å². The van der Waals surface area contributed by atoms with Crippen LogP contribution >= 0.6 is 0 Å². The summed E-state index contributed by atoms with van der Waals surface area (Å²) in [6.07, 6.45) is 1.43. The van der Waals surface area contributed by atoms with Gasteiger partial charge in [-0.1, -0.05) is 6.08 Å². The topological polar surface area (TPSA) is 66.8 Å². The summed E-state index contributed by atoms with van der Waals surface area (Å²) in [6.45, 7) is 5.17. The highest BCUT2D eigenvalue weighted by molar-refractivity contribution is 5.84. The fourth-order valence-corrected chi connectivity index (χ4v) is 1.79. The number of halogens is 1. The number of nitrogens with zero attached hydrogens (tertiary/aromatic N) is 1. The largest absolute Gasteiger partial charge is 0.479 e. The van der Waals surface area contributed by atoms with Crippen LogP contribution in [0.4, 0.5) is 4.39 Å². The second-order valence-corrected chi connectivity index (χ2v) is 4.37. The highest BCUT2D eigenvalue weighted by Crippen LogP contribution is 2.26. The van der Waals surface area contributed by atoms with Crippen molar-refractivity contribution >= 4 is 11.9 Å². The first-order valence-corrected chi connectivity index (χ1v) is 5.84. The Balaban J connectivity index is 2.49. The summed E-state index contributed by atoms with van der Waals surface area (Å²) in [5.41, 5.74) is -2.32. The number of aliphatic carboxylic acids is 1. The maximum atomic E-state index is 13.8. The summed E-state index contributed by atoms with van der Waals surface area (Å²) in [5, 5.41) is 8.73. The zero-order valence-corrected chi connectivity index (χ0v) is 10.4. The van der Waals surface area contributed by atoms with Crippen molar-refractivity contribution in [2.75, 3.05) is 19.7 Å². The van der Waals surface area contributed by atoms with Crippen molar-refractivity contribution in [3.05, 3.63) is 12.7 Å². The lowest BCUT2D eigenvalue weighted by Crippen LogP contribution is -2.42. The number of rotatable bonds is 6. The molecule has 1 aliphatic rings. The van der Waals surface area contributed by atoms with E-state index in [1.54, 1.807) is 13.0 Å². The Labute approximate surface area is 105 Å². The number of hydrogen-bond acceptors (Lipinski definition) is 3. The van der Waals surface area contributed by atoms with Gasteiger partial charge in [-0.05, 0) is 13.3 Å². The molecule has 2 atom stereocenters. The molecule has 0 bridgehead atoms. The second kappa shape index (κ2) is 5.95. The van der Waals surface area contributed by atoms with E-state index in [2.05, 4.69) is 6.58 Å². The molecule has 0 saturated carbocycles. The molecule has 0 radical (unpaired) electrons. The first kappa shape index (κ1) is 14.6. The van der Waals surface area contributed by atoms with Crippen molar-refractivity contribution in [1.29, 1.82) is 0 Å². The molecule has 0 aliphatic carbocycles. The van der Waals surface area contributed by atoms with Crippen LogP contribution in [0.25, 0.3) is 0 Å². The maximum Gasteiger partial charge on any atom is 0.343 e. The minimum absolute atomic E-state index is 0.108. The van der Waals surface area contributed by atoms with E-state index in [9.17, 15) is 14.0 Å². The molecule has 1 amide bonds. The Morgan fingerprint density at radius 3 is 2.83 bits per heavy atom. The fourth-order valence-electron chi connectivity index (χ4n) is 1.79. The van der Waals surface area contributed by atoms with Gasteiger partial charge in [0, 0.05) is 13.0 Å². The predicted molar refractivity (Wildman–Crippen MR) is 62.9 cm³/mol. The molecule has 1 saturated heterocycles. The molecule has 0 aromatic carbocycles. The monoisotopic (exact) mass is 259 g/mol. The first-order chi connectivity index (χ1) is 8.40. The number of carboxylic acid groups (broad SMARTS) is 1. The highest BCUT2D eigenvalue weighted by Gasteiger charge is 2.47. The quantitative estimate of drug-likeness (QED) is 0.570. The van der Waals surface area contributed by atoms with Crippen LogP contribution in [0.3, 0.4) is 0 Å². The Morgan fingerprint density at radius 2 is 2.33 bits per heavy atom. The standard InChI is InChI=1S/C12H18FNO4/c1-3-4-7-18-9(2)10(15)14-6-5-12(13,8-14)11(16)17/h3,9H,1,4-8H2,2H3,(H,16,17). The van der Waals surface area contributed by atoms with E-state index in [0.717, 1.165) is 0 Å². The van der Waals surface area contributed by atoms with Gasteiger partial charge in [0.2, 0.25) is 5.67 Å². The van der Waals surface area contributed by atoms with E-state index in [0.29, 0.717) is 13.0 Å².